The van der Waals surface area contributed by atoms with Gasteiger partial charge < -0.3 is 29.9 Å². The van der Waals surface area contributed by atoms with Crippen LogP contribution in [-0.2, 0) is 4.74 Å². The lowest BCUT2D eigenvalue weighted by atomic mass is 10.0. The maximum absolute atomic E-state index is 15.0. The Labute approximate surface area is 202 Å². The number of anilines is 2. The molecule has 4 heterocycles. The number of carbonyl (C=O) groups excluding carboxylic acids is 2. The molecule has 3 aliphatic heterocycles. The fourth-order valence-corrected chi connectivity index (χ4v) is 4.90. The second-order valence-electron chi connectivity index (χ2n) is 9.84. The van der Waals surface area contributed by atoms with Crippen molar-refractivity contribution >= 4 is 23.6 Å². The Hall–Kier alpha value is -3.47. The Kier molecular flexibility index (Phi) is 5.74. The summed E-state index contributed by atoms with van der Waals surface area (Å²) in [7, 11) is 3.14. The maximum atomic E-state index is 15.0. The number of rotatable bonds is 3. The van der Waals surface area contributed by atoms with Crippen molar-refractivity contribution in [2.24, 2.45) is 0 Å². The van der Waals surface area contributed by atoms with Crippen LogP contribution in [-0.4, -0.2) is 78.3 Å². The Balaban J connectivity index is 1.63. The van der Waals surface area contributed by atoms with Crippen LogP contribution in [0.4, 0.5) is 20.8 Å². The number of halogens is 1. The van der Waals surface area contributed by atoms with Gasteiger partial charge in [-0.25, -0.2) is 14.2 Å². The summed E-state index contributed by atoms with van der Waals surface area (Å²) >= 11 is 0. The molecule has 0 aliphatic carbocycles. The van der Waals surface area contributed by atoms with Crippen molar-refractivity contribution in [3.63, 3.8) is 0 Å². The van der Waals surface area contributed by atoms with Gasteiger partial charge in [-0.15, -0.1) is 0 Å². The van der Waals surface area contributed by atoms with E-state index in [1.807, 2.05) is 18.7 Å². The molecule has 1 aromatic heterocycles. The quantitative estimate of drug-likeness (QED) is 0.689. The molecule has 2 fully saturated rings. The number of nitrogens with zero attached hydrogens (tertiary/aromatic N) is 4. The summed E-state index contributed by atoms with van der Waals surface area (Å²) < 4.78 is 27.2. The normalized spacial score (nSPS) is 22.8. The van der Waals surface area contributed by atoms with Crippen LogP contribution in [0.15, 0.2) is 18.2 Å². The molecular weight excluding hydrogens is 455 g/mol. The predicted octanol–water partition coefficient (Wildman–Crippen LogP) is 2.64. The summed E-state index contributed by atoms with van der Waals surface area (Å²) in [5.74, 6) is -0.363. The Morgan fingerprint density at radius 1 is 1.20 bits per heavy atom. The number of hydrogen-bond donors (Lipinski definition) is 2. The second-order valence-corrected chi connectivity index (χ2v) is 9.84. The van der Waals surface area contributed by atoms with E-state index in [1.165, 1.54) is 19.2 Å². The lowest BCUT2D eigenvalue weighted by Crippen LogP contribution is -2.43. The van der Waals surface area contributed by atoms with Gasteiger partial charge in [0.05, 0.1) is 30.1 Å². The zero-order chi connectivity index (χ0) is 24.9. The largest absolute Gasteiger partial charge is 0.469 e. The minimum absolute atomic E-state index is 0.0130. The topological polar surface area (TPSA) is 109 Å². The number of aromatic nitrogens is 2. The van der Waals surface area contributed by atoms with Gasteiger partial charge in [0.15, 0.2) is 0 Å². The zero-order valence-corrected chi connectivity index (χ0v) is 20.2. The van der Waals surface area contributed by atoms with Crippen molar-refractivity contribution in [3.05, 3.63) is 29.6 Å². The monoisotopic (exact) mass is 484 g/mol. The first-order valence-electron chi connectivity index (χ1n) is 11.7. The van der Waals surface area contributed by atoms with Crippen molar-refractivity contribution in [3.8, 4) is 17.1 Å². The number of benzene rings is 1. The highest BCUT2D eigenvalue weighted by atomic mass is 19.1. The van der Waals surface area contributed by atoms with Gasteiger partial charge in [-0.3, -0.25) is 4.79 Å². The van der Waals surface area contributed by atoms with E-state index >= 15 is 0 Å². The highest BCUT2D eigenvalue weighted by Crippen LogP contribution is 2.37. The number of morpholine rings is 1. The van der Waals surface area contributed by atoms with Crippen molar-refractivity contribution in [1.29, 1.82) is 0 Å². The number of urea groups is 1. The van der Waals surface area contributed by atoms with Crippen LogP contribution in [0.25, 0.3) is 11.3 Å². The fraction of sp³-hybridized carbons (Fsp3) is 0.500. The molecule has 2 bridgehead atoms. The van der Waals surface area contributed by atoms with E-state index in [0.29, 0.717) is 31.1 Å². The molecule has 2 saturated heterocycles. The molecule has 3 aliphatic rings. The number of ether oxygens (including phenoxy) is 2. The van der Waals surface area contributed by atoms with Gasteiger partial charge in [0.2, 0.25) is 11.8 Å². The molecule has 0 radical (unpaired) electrons. The van der Waals surface area contributed by atoms with Gasteiger partial charge in [-0.05, 0) is 38.8 Å². The third-order valence-corrected chi connectivity index (χ3v) is 6.46. The van der Waals surface area contributed by atoms with E-state index in [4.69, 9.17) is 14.5 Å². The van der Waals surface area contributed by atoms with E-state index in [1.54, 1.807) is 18.0 Å². The van der Waals surface area contributed by atoms with Crippen LogP contribution < -0.4 is 20.3 Å². The van der Waals surface area contributed by atoms with Gasteiger partial charge >= 0.3 is 6.03 Å². The minimum atomic E-state index is -0.685. The van der Waals surface area contributed by atoms with Crippen LogP contribution in [0.3, 0.4) is 0 Å². The highest BCUT2D eigenvalue weighted by Gasteiger charge is 2.39. The summed E-state index contributed by atoms with van der Waals surface area (Å²) in [6, 6.07) is 3.78. The molecule has 11 heteroatoms. The summed E-state index contributed by atoms with van der Waals surface area (Å²) in [6.07, 6.45) is 2.18. The van der Waals surface area contributed by atoms with Gasteiger partial charge in [0.25, 0.3) is 5.91 Å². The van der Waals surface area contributed by atoms with E-state index in [2.05, 4.69) is 15.6 Å². The number of hydrogen-bond acceptors (Lipinski definition) is 7. The SMILES string of the molecule is CNC(=O)Nc1ccc(-c2nc(N3CC4CCC(C3)O4)nc3c2C(=O)N(C)CC(C)(C)O3)cc1F. The van der Waals surface area contributed by atoms with Crippen molar-refractivity contribution in [2.45, 2.75) is 44.5 Å². The number of likely N-dealkylation sites (N-methyl/N-ethyl adjacent to an activating group) is 1. The molecule has 5 rings (SSSR count). The third-order valence-electron chi connectivity index (χ3n) is 6.46. The minimum Gasteiger partial charge on any atom is -0.469 e. The van der Waals surface area contributed by atoms with Crippen LogP contribution in [0.1, 0.15) is 37.0 Å². The second kappa shape index (κ2) is 8.63. The molecule has 2 unspecified atom stereocenters. The molecule has 0 spiro atoms. The van der Waals surface area contributed by atoms with Crippen molar-refractivity contribution in [2.75, 3.05) is 43.9 Å². The average Bonchev–Trinajstić information content (AvgIpc) is 3.11. The standard InChI is InChI=1S/C24H29FN6O4/c1-24(2)12-30(4)21(32)18-19(13-5-8-17(16(25)9-13)27-23(33)26-3)28-22(29-20(18)35-24)31-10-14-6-7-15(11-31)34-14/h5,8-9,14-15H,6-7,10-12H2,1-4H3,(H2,26,27,33). The van der Waals surface area contributed by atoms with Gasteiger partial charge in [-0.2, -0.15) is 4.98 Å². The lowest BCUT2D eigenvalue weighted by molar-refractivity contribution is 0.0297. The fourth-order valence-electron chi connectivity index (χ4n) is 4.90. The van der Waals surface area contributed by atoms with Crippen LogP contribution in [0.2, 0.25) is 0 Å². The summed E-state index contributed by atoms with van der Waals surface area (Å²) in [5.41, 5.74) is 0.174. The molecule has 3 amide bonds. The van der Waals surface area contributed by atoms with E-state index in [-0.39, 0.29) is 40.9 Å². The van der Waals surface area contributed by atoms with Crippen LogP contribution >= 0.6 is 0 Å². The third kappa shape index (κ3) is 4.47. The number of fused-ring (bicyclic) bond motifs is 3. The Morgan fingerprint density at radius 2 is 1.91 bits per heavy atom. The smallest absolute Gasteiger partial charge is 0.319 e. The molecule has 2 aromatic rings. The predicted molar refractivity (Wildman–Crippen MR) is 127 cm³/mol. The molecule has 0 saturated carbocycles. The molecule has 2 N–H and O–H groups in total. The van der Waals surface area contributed by atoms with Crippen molar-refractivity contribution < 1.29 is 23.5 Å². The molecule has 186 valence electrons. The molecule has 35 heavy (non-hydrogen) atoms. The zero-order valence-electron chi connectivity index (χ0n) is 20.2. The number of nitrogens with one attached hydrogen (secondary N) is 2. The maximum Gasteiger partial charge on any atom is 0.319 e. The van der Waals surface area contributed by atoms with Gasteiger partial charge in [0.1, 0.15) is 17.0 Å². The molecular formula is C24H29FN6O4. The number of carbonyl (C=O) groups is 2. The first-order chi connectivity index (χ1) is 16.6. The molecule has 1 aromatic carbocycles. The summed E-state index contributed by atoms with van der Waals surface area (Å²) in [6.45, 7) is 5.40. The van der Waals surface area contributed by atoms with Crippen LogP contribution in [0.5, 0.6) is 5.88 Å². The number of amides is 3. The van der Waals surface area contributed by atoms with Gasteiger partial charge in [-0.1, -0.05) is 6.07 Å². The highest BCUT2D eigenvalue weighted by molar-refractivity contribution is 6.02. The van der Waals surface area contributed by atoms with Crippen LogP contribution in [0, 0.1) is 5.82 Å². The first-order valence-corrected chi connectivity index (χ1v) is 11.7. The lowest BCUT2D eigenvalue weighted by Gasteiger charge is -2.33. The molecule has 10 nitrogen and oxygen atoms in total. The molecule has 2 atom stereocenters. The summed E-state index contributed by atoms with van der Waals surface area (Å²) in [4.78, 5) is 38.1. The average molecular weight is 485 g/mol. The Bertz CT molecular complexity index is 1180. The van der Waals surface area contributed by atoms with Crippen molar-refractivity contribution in [1.82, 2.24) is 20.2 Å². The van der Waals surface area contributed by atoms with E-state index < -0.39 is 17.4 Å². The Morgan fingerprint density at radius 3 is 2.57 bits per heavy atom. The van der Waals surface area contributed by atoms with E-state index in [0.717, 1.165) is 12.8 Å². The summed E-state index contributed by atoms with van der Waals surface area (Å²) in [5, 5.41) is 4.83. The van der Waals surface area contributed by atoms with E-state index in [9.17, 15) is 14.0 Å². The first kappa shape index (κ1) is 23.3. The van der Waals surface area contributed by atoms with Gasteiger partial charge in [0, 0.05) is 32.7 Å².